The van der Waals surface area contributed by atoms with E-state index in [-0.39, 0.29) is 6.03 Å². The standard InChI is InChI=1S/C11H20N6O2/c1-17(2)11(18)14-5-4-13-9-6-8(12)15-10(16-9)7-19-3/h6H,4-5,7H2,1-3H3,(H,14,18)(H3,12,13,15,16). The molecule has 0 fully saturated rings. The highest BCUT2D eigenvalue weighted by Crippen LogP contribution is 2.08. The Hall–Kier alpha value is -2.09. The number of ether oxygens (including phenoxy) is 1. The zero-order valence-corrected chi connectivity index (χ0v) is 11.4. The summed E-state index contributed by atoms with van der Waals surface area (Å²) in [5, 5.41) is 5.79. The zero-order valence-electron chi connectivity index (χ0n) is 11.4. The fraction of sp³-hybridized carbons (Fsp3) is 0.545. The van der Waals surface area contributed by atoms with Gasteiger partial charge in [-0.2, -0.15) is 0 Å². The van der Waals surface area contributed by atoms with Crippen LogP contribution >= 0.6 is 0 Å². The van der Waals surface area contributed by atoms with Crippen LogP contribution in [0.5, 0.6) is 0 Å². The van der Waals surface area contributed by atoms with Gasteiger partial charge in [-0.1, -0.05) is 0 Å². The molecule has 4 N–H and O–H groups in total. The van der Waals surface area contributed by atoms with Crippen molar-refractivity contribution in [3.63, 3.8) is 0 Å². The van der Waals surface area contributed by atoms with Gasteiger partial charge in [0.2, 0.25) is 0 Å². The van der Waals surface area contributed by atoms with E-state index in [9.17, 15) is 4.79 Å². The fourth-order valence-corrected chi connectivity index (χ4v) is 1.32. The molecule has 0 aliphatic heterocycles. The first-order valence-corrected chi connectivity index (χ1v) is 5.84. The summed E-state index contributed by atoms with van der Waals surface area (Å²) in [6, 6.07) is 1.50. The zero-order chi connectivity index (χ0) is 14.3. The van der Waals surface area contributed by atoms with Gasteiger partial charge < -0.3 is 26.0 Å². The average Bonchev–Trinajstić information content (AvgIpc) is 2.34. The van der Waals surface area contributed by atoms with Gasteiger partial charge in [-0.15, -0.1) is 0 Å². The molecule has 0 atom stereocenters. The Labute approximate surface area is 112 Å². The molecule has 1 aromatic rings. The molecule has 0 bridgehead atoms. The van der Waals surface area contributed by atoms with Crippen LogP contribution in [0.3, 0.4) is 0 Å². The molecular weight excluding hydrogens is 248 g/mol. The van der Waals surface area contributed by atoms with Crippen LogP contribution in [0.1, 0.15) is 5.82 Å². The van der Waals surface area contributed by atoms with Crippen LogP contribution in [0.25, 0.3) is 0 Å². The van der Waals surface area contributed by atoms with Crippen molar-refractivity contribution in [1.29, 1.82) is 0 Å². The molecule has 1 heterocycles. The molecule has 106 valence electrons. The molecule has 2 amide bonds. The molecule has 0 aliphatic rings. The molecule has 1 aromatic heterocycles. The van der Waals surface area contributed by atoms with Gasteiger partial charge in [0.25, 0.3) is 0 Å². The van der Waals surface area contributed by atoms with Crippen molar-refractivity contribution in [1.82, 2.24) is 20.2 Å². The second-order valence-corrected chi connectivity index (χ2v) is 4.08. The van der Waals surface area contributed by atoms with Crippen LogP contribution in [-0.4, -0.2) is 55.2 Å². The summed E-state index contributed by atoms with van der Waals surface area (Å²) in [7, 11) is 4.94. The number of nitrogen functional groups attached to an aromatic ring is 1. The summed E-state index contributed by atoms with van der Waals surface area (Å²) in [5.74, 6) is 1.50. The highest BCUT2D eigenvalue weighted by atomic mass is 16.5. The van der Waals surface area contributed by atoms with Gasteiger partial charge in [0.05, 0.1) is 0 Å². The number of anilines is 2. The SMILES string of the molecule is COCc1nc(N)cc(NCCNC(=O)N(C)C)n1. The van der Waals surface area contributed by atoms with Gasteiger partial charge in [0, 0.05) is 40.4 Å². The molecular formula is C11H20N6O2. The minimum atomic E-state index is -0.135. The highest BCUT2D eigenvalue weighted by Gasteiger charge is 2.03. The Morgan fingerprint density at radius 1 is 1.42 bits per heavy atom. The van der Waals surface area contributed by atoms with Crippen molar-refractivity contribution in [2.45, 2.75) is 6.61 Å². The lowest BCUT2D eigenvalue weighted by atomic mass is 10.4. The van der Waals surface area contributed by atoms with Gasteiger partial charge in [-0.05, 0) is 0 Å². The van der Waals surface area contributed by atoms with Gasteiger partial charge in [0.15, 0.2) is 5.82 Å². The van der Waals surface area contributed by atoms with E-state index in [1.165, 1.54) is 4.90 Å². The topological polar surface area (TPSA) is 105 Å². The number of urea groups is 1. The van der Waals surface area contributed by atoms with Crippen LogP contribution in [0.4, 0.5) is 16.4 Å². The number of nitrogens with one attached hydrogen (secondary N) is 2. The number of hydrogen-bond acceptors (Lipinski definition) is 6. The van der Waals surface area contributed by atoms with Gasteiger partial charge >= 0.3 is 6.03 Å². The van der Waals surface area contributed by atoms with Crippen molar-refractivity contribution in [3.05, 3.63) is 11.9 Å². The van der Waals surface area contributed by atoms with E-state index in [2.05, 4.69) is 20.6 Å². The van der Waals surface area contributed by atoms with E-state index in [0.29, 0.717) is 37.2 Å². The minimum Gasteiger partial charge on any atom is -0.384 e. The Balaban J connectivity index is 2.42. The first-order valence-electron chi connectivity index (χ1n) is 5.84. The number of nitrogens with two attached hydrogens (primary N) is 1. The maximum Gasteiger partial charge on any atom is 0.316 e. The summed E-state index contributed by atoms with van der Waals surface area (Å²) in [5.41, 5.74) is 5.66. The second-order valence-electron chi connectivity index (χ2n) is 4.08. The minimum absolute atomic E-state index is 0.135. The molecule has 19 heavy (non-hydrogen) atoms. The highest BCUT2D eigenvalue weighted by molar-refractivity contribution is 5.73. The van der Waals surface area contributed by atoms with Crippen LogP contribution in [-0.2, 0) is 11.3 Å². The number of carbonyl (C=O) groups excluding carboxylic acids is 1. The van der Waals surface area contributed by atoms with Crippen molar-refractivity contribution < 1.29 is 9.53 Å². The van der Waals surface area contributed by atoms with Crippen molar-refractivity contribution >= 4 is 17.7 Å². The predicted octanol–water partition coefficient (Wildman–Crippen LogP) is -0.112. The molecule has 0 radical (unpaired) electrons. The van der Waals surface area contributed by atoms with Gasteiger partial charge in [0.1, 0.15) is 18.2 Å². The van der Waals surface area contributed by atoms with E-state index in [4.69, 9.17) is 10.5 Å². The Morgan fingerprint density at radius 3 is 2.79 bits per heavy atom. The van der Waals surface area contributed by atoms with E-state index in [0.717, 1.165) is 0 Å². The number of hydrogen-bond donors (Lipinski definition) is 3. The summed E-state index contributed by atoms with van der Waals surface area (Å²) in [4.78, 5) is 21.0. The molecule has 0 saturated heterocycles. The Kier molecular flexibility index (Phi) is 5.80. The quantitative estimate of drug-likeness (QED) is 0.622. The smallest absolute Gasteiger partial charge is 0.316 e. The first-order chi connectivity index (χ1) is 9.02. The fourth-order valence-electron chi connectivity index (χ4n) is 1.32. The van der Waals surface area contributed by atoms with E-state index < -0.39 is 0 Å². The largest absolute Gasteiger partial charge is 0.384 e. The van der Waals surface area contributed by atoms with Crippen LogP contribution in [0, 0.1) is 0 Å². The number of aromatic nitrogens is 2. The maximum absolute atomic E-state index is 11.3. The monoisotopic (exact) mass is 268 g/mol. The van der Waals surface area contributed by atoms with E-state index in [1.54, 1.807) is 27.3 Å². The van der Waals surface area contributed by atoms with Crippen LogP contribution < -0.4 is 16.4 Å². The second kappa shape index (κ2) is 7.37. The summed E-state index contributed by atoms with van der Waals surface area (Å²) >= 11 is 0. The third kappa shape index (κ3) is 5.38. The molecule has 0 saturated carbocycles. The third-order valence-electron chi connectivity index (χ3n) is 2.18. The molecule has 0 aromatic carbocycles. The number of carbonyl (C=O) groups is 1. The molecule has 8 nitrogen and oxygen atoms in total. The van der Waals surface area contributed by atoms with E-state index >= 15 is 0 Å². The number of nitrogens with zero attached hydrogens (tertiary/aromatic N) is 3. The van der Waals surface area contributed by atoms with Crippen molar-refractivity contribution in [3.8, 4) is 0 Å². The number of methoxy groups -OCH3 is 1. The normalized spacial score (nSPS) is 10.1. The van der Waals surface area contributed by atoms with Crippen molar-refractivity contribution in [2.24, 2.45) is 0 Å². The van der Waals surface area contributed by atoms with Gasteiger partial charge in [-0.3, -0.25) is 0 Å². The molecule has 0 unspecified atom stereocenters. The number of amides is 2. The average molecular weight is 268 g/mol. The molecule has 0 spiro atoms. The van der Waals surface area contributed by atoms with Crippen LogP contribution in [0.2, 0.25) is 0 Å². The van der Waals surface area contributed by atoms with Gasteiger partial charge in [-0.25, -0.2) is 14.8 Å². The third-order valence-corrected chi connectivity index (χ3v) is 2.18. The lowest BCUT2D eigenvalue weighted by Crippen LogP contribution is -2.37. The summed E-state index contributed by atoms with van der Waals surface area (Å²) in [6.07, 6.45) is 0. The Bertz CT molecular complexity index is 424. The lowest BCUT2D eigenvalue weighted by molar-refractivity contribution is 0.178. The Morgan fingerprint density at radius 2 is 2.16 bits per heavy atom. The number of rotatable bonds is 6. The first kappa shape index (κ1) is 15.0. The molecule has 0 aliphatic carbocycles. The summed E-state index contributed by atoms with van der Waals surface area (Å²) < 4.78 is 4.95. The van der Waals surface area contributed by atoms with Crippen LogP contribution in [0.15, 0.2) is 6.07 Å². The predicted molar refractivity (Wildman–Crippen MR) is 72.7 cm³/mol. The molecule has 1 rings (SSSR count). The lowest BCUT2D eigenvalue weighted by Gasteiger charge is -2.12. The molecule has 8 heteroatoms. The maximum atomic E-state index is 11.3. The van der Waals surface area contributed by atoms with E-state index in [1.807, 2.05) is 0 Å². The summed E-state index contributed by atoms with van der Waals surface area (Å²) in [6.45, 7) is 1.33. The van der Waals surface area contributed by atoms with Crippen molar-refractivity contribution in [2.75, 3.05) is 45.3 Å².